The van der Waals surface area contributed by atoms with Gasteiger partial charge in [0.05, 0.1) is 0 Å². The summed E-state index contributed by atoms with van der Waals surface area (Å²) in [6.07, 6.45) is 1.93. The molecule has 0 amide bonds. The fourth-order valence-electron chi connectivity index (χ4n) is 1.68. The first-order chi connectivity index (χ1) is 7.33. The van der Waals surface area contributed by atoms with E-state index in [0.29, 0.717) is 0 Å². The molecule has 0 aliphatic rings. The van der Waals surface area contributed by atoms with Gasteiger partial charge in [0.2, 0.25) is 0 Å². The Morgan fingerprint density at radius 2 is 2.20 bits per heavy atom. The number of aromatic nitrogens is 1. The van der Waals surface area contributed by atoms with Gasteiger partial charge in [-0.25, -0.2) is 0 Å². The fourth-order valence-corrected chi connectivity index (χ4v) is 1.79. The Bertz CT molecular complexity index is 485. The molecule has 0 atom stereocenters. The lowest BCUT2D eigenvalue weighted by molar-refractivity contribution is 1.16. The van der Waals surface area contributed by atoms with Crippen molar-refractivity contribution in [3.63, 3.8) is 0 Å². The topological polar surface area (TPSA) is 28.1 Å². The summed E-state index contributed by atoms with van der Waals surface area (Å²) < 4.78 is 0. The molecule has 0 spiro atoms. The summed E-state index contributed by atoms with van der Waals surface area (Å²) in [5.41, 5.74) is 3.52. The molecule has 0 aliphatic heterocycles. The zero-order chi connectivity index (χ0) is 10.7. The van der Waals surface area contributed by atoms with Crippen LogP contribution in [0.1, 0.15) is 11.3 Å². The number of hydrogen-bond donors (Lipinski definition) is 2. The quantitative estimate of drug-likeness (QED) is 0.586. The number of aryl methyl sites for hydroxylation is 1. The molecule has 15 heavy (non-hydrogen) atoms. The lowest BCUT2D eigenvalue weighted by Gasteiger charge is -1.92. The highest BCUT2D eigenvalue weighted by Crippen LogP contribution is 2.19. The van der Waals surface area contributed by atoms with Crippen molar-refractivity contribution in [2.45, 2.75) is 6.92 Å². The van der Waals surface area contributed by atoms with Crippen LogP contribution in [0, 0.1) is 6.92 Å². The van der Waals surface area contributed by atoms with Crippen LogP contribution in [0.25, 0.3) is 10.9 Å². The van der Waals surface area contributed by atoms with Crippen LogP contribution in [-0.4, -0.2) is 23.5 Å². The molecule has 1 heterocycles. The van der Waals surface area contributed by atoms with Gasteiger partial charge in [-0.3, -0.25) is 4.99 Å². The molecular weight excluding hydrogens is 204 g/mol. The summed E-state index contributed by atoms with van der Waals surface area (Å²) >= 11 is 4.13. The maximum atomic E-state index is 4.32. The van der Waals surface area contributed by atoms with Crippen molar-refractivity contribution in [1.82, 2.24) is 4.98 Å². The number of aromatic amines is 1. The Morgan fingerprint density at radius 3 is 3.00 bits per heavy atom. The molecule has 1 aromatic heterocycles. The van der Waals surface area contributed by atoms with Crippen LogP contribution in [-0.2, 0) is 0 Å². The minimum absolute atomic E-state index is 0.766. The predicted molar refractivity (Wildman–Crippen MR) is 69.3 cm³/mol. The average molecular weight is 218 g/mol. The second kappa shape index (κ2) is 4.53. The van der Waals surface area contributed by atoms with E-state index in [2.05, 4.69) is 41.7 Å². The zero-order valence-corrected chi connectivity index (χ0v) is 9.59. The maximum absolute atomic E-state index is 4.32. The van der Waals surface area contributed by atoms with Gasteiger partial charge >= 0.3 is 0 Å². The molecular formula is C12H14N2S. The lowest BCUT2D eigenvalue weighted by Crippen LogP contribution is -1.86. The Balaban J connectivity index is 2.45. The van der Waals surface area contributed by atoms with Gasteiger partial charge in [-0.15, -0.1) is 0 Å². The summed E-state index contributed by atoms with van der Waals surface area (Å²) in [6.45, 7) is 2.84. The van der Waals surface area contributed by atoms with Crippen LogP contribution in [0.3, 0.4) is 0 Å². The third-order valence-electron chi connectivity index (χ3n) is 2.39. The fraction of sp³-hybridized carbons (Fsp3) is 0.250. The first-order valence-electron chi connectivity index (χ1n) is 5.01. The zero-order valence-electron chi connectivity index (χ0n) is 8.70. The van der Waals surface area contributed by atoms with Crippen LogP contribution >= 0.6 is 12.6 Å². The highest BCUT2D eigenvalue weighted by molar-refractivity contribution is 7.80. The maximum Gasteiger partial charge on any atom is 0.0477 e. The van der Waals surface area contributed by atoms with Gasteiger partial charge in [0.15, 0.2) is 0 Å². The molecule has 1 aromatic carbocycles. The van der Waals surface area contributed by atoms with Gasteiger partial charge in [-0.1, -0.05) is 18.2 Å². The largest absolute Gasteiger partial charge is 0.358 e. The van der Waals surface area contributed by atoms with Crippen LogP contribution in [0.15, 0.2) is 29.3 Å². The van der Waals surface area contributed by atoms with E-state index in [1.807, 2.05) is 18.3 Å². The molecule has 2 aromatic rings. The number of aliphatic imine (C=N–C) groups is 1. The second-order valence-electron chi connectivity index (χ2n) is 3.47. The average Bonchev–Trinajstić information content (AvgIpc) is 2.56. The highest BCUT2D eigenvalue weighted by atomic mass is 32.1. The monoisotopic (exact) mass is 218 g/mol. The number of fused-ring (bicyclic) bond motifs is 1. The molecule has 3 heteroatoms. The molecule has 1 N–H and O–H groups in total. The van der Waals surface area contributed by atoms with Gasteiger partial charge in [0, 0.05) is 40.7 Å². The van der Waals surface area contributed by atoms with E-state index in [1.165, 1.54) is 22.2 Å². The van der Waals surface area contributed by atoms with E-state index in [1.54, 1.807) is 0 Å². The van der Waals surface area contributed by atoms with Gasteiger partial charge in [-0.2, -0.15) is 12.6 Å². The molecule has 0 saturated heterocycles. The molecule has 0 saturated carbocycles. The van der Waals surface area contributed by atoms with Crippen molar-refractivity contribution in [3.05, 3.63) is 35.5 Å². The van der Waals surface area contributed by atoms with Crippen molar-refractivity contribution in [2.75, 3.05) is 12.3 Å². The van der Waals surface area contributed by atoms with Crippen LogP contribution in [0.5, 0.6) is 0 Å². The third kappa shape index (κ3) is 2.07. The van der Waals surface area contributed by atoms with E-state index in [4.69, 9.17) is 0 Å². The van der Waals surface area contributed by atoms with E-state index in [9.17, 15) is 0 Å². The number of nitrogens with zero attached hydrogens (tertiary/aromatic N) is 1. The predicted octanol–water partition coefficient (Wildman–Crippen LogP) is 2.83. The van der Waals surface area contributed by atoms with E-state index < -0.39 is 0 Å². The van der Waals surface area contributed by atoms with Gasteiger partial charge in [0.1, 0.15) is 0 Å². The molecule has 0 fully saturated rings. The standard InChI is InChI=1S/C12H14N2S/c1-9-11(8-13-6-7-15)10-4-2-3-5-12(10)14-9/h2-5,8,14-15H,6-7H2,1H3. The Labute approximate surface area is 94.8 Å². The number of H-pyrrole nitrogens is 1. The van der Waals surface area contributed by atoms with Crippen LogP contribution < -0.4 is 0 Å². The Kier molecular flexibility index (Phi) is 3.11. The van der Waals surface area contributed by atoms with Crippen LogP contribution in [0.2, 0.25) is 0 Å². The highest BCUT2D eigenvalue weighted by Gasteiger charge is 2.04. The smallest absolute Gasteiger partial charge is 0.0477 e. The van der Waals surface area contributed by atoms with Crippen molar-refractivity contribution >= 4 is 29.7 Å². The summed E-state index contributed by atoms with van der Waals surface area (Å²) in [5, 5.41) is 1.23. The molecule has 0 unspecified atom stereocenters. The van der Waals surface area contributed by atoms with Crippen molar-refractivity contribution in [1.29, 1.82) is 0 Å². The number of para-hydroxylation sites is 1. The number of benzene rings is 1. The first kappa shape index (κ1) is 10.3. The lowest BCUT2D eigenvalue weighted by atomic mass is 10.1. The Morgan fingerprint density at radius 1 is 1.40 bits per heavy atom. The van der Waals surface area contributed by atoms with E-state index in [-0.39, 0.29) is 0 Å². The SMILES string of the molecule is Cc1[nH]c2ccccc2c1C=NCCS. The number of nitrogens with one attached hydrogen (secondary N) is 1. The minimum Gasteiger partial charge on any atom is -0.358 e. The molecule has 2 rings (SSSR count). The first-order valence-corrected chi connectivity index (χ1v) is 5.64. The van der Waals surface area contributed by atoms with Gasteiger partial charge in [0.25, 0.3) is 0 Å². The van der Waals surface area contributed by atoms with Crippen molar-refractivity contribution in [3.8, 4) is 0 Å². The van der Waals surface area contributed by atoms with E-state index >= 15 is 0 Å². The van der Waals surface area contributed by atoms with E-state index in [0.717, 1.165) is 12.3 Å². The Hall–Kier alpha value is -1.22. The second-order valence-corrected chi connectivity index (χ2v) is 3.92. The van der Waals surface area contributed by atoms with Gasteiger partial charge in [-0.05, 0) is 13.0 Å². The molecule has 0 bridgehead atoms. The van der Waals surface area contributed by atoms with Crippen LogP contribution in [0.4, 0.5) is 0 Å². The summed E-state index contributed by atoms with van der Waals surface area (Å²) in [4.78, 5) is 7.67. The normalized spacial score (nSPS) is 11.6. The molecule has 2 nitrogen and oxygen atoms in total. The van der Waals surface area contributed by atoms with Crippen molar-refractivity contribution < 1.29 is 0 Å². The summed E-state index contributed by atoms with van der Waals surface area (Å²) in [5.74, 6) is 0.790. The number of rotatable bonds is 3. The van der Waals surface area contributed by atoms with Crippen molar-refractivity contribution in [2.24, 2.45) is 4.99 Å². The third-order valence-corrected chi connectivity index (χ3v) is 2.59. The number of hydrogen-bond acceptors (Lipinski definition) is 2. The summed E-state index contributed by atoms with van der Waals surface area (Å²) in [6, 6.07) is 8.28. The number of thiol groups is 1. The molecule has 0 radical (unpaired) electrons. The van der Waals surface area contributed by atoms with Gasteiger partial charge < -0.3 is 4.98 Å². The molecule has 78 valence electrons. The summed E-state index contributed by atoms with van der Waals surface area (Å²) in [7, 11) is 0. The minimum atomic E-state index is 0.766. The molecule has 0 aliphatic carbocycles.